The molecule has 9 nitrogen and oxygen atoms in total. The van der Waals surface area contributed by atoms with Crippen LogP contribution >= 0.6 is 11.3 Å². The summed E-state index contributed by atoms with van der Waals surface area (Å²) in [5.41, 5.74) is 6.03. The molecule has 1 unspecified atom stereocenters. The largest absolute Gasteiger partial charge is 0.443 e. The lowest BCUT2D eigenvalue weighted by molar-refractivity contribution is -0.138. The summed E-state index contributed by atoms with van der Waals surface area (Å²) < 4.78 is 5.34. The van der Waals surface area contributed by atoms with E-state index in [-0.39, 0.29) is 29.9 Å². The maximum absolute atomic E-state index is 13.2. The Morgan fingerprint density at radius 2 is 1.82 bits per heavy atom. The van der Waals surface area contributed by atoms with Crippen LogP contribution in [0.15, 0.2) is 35.7 Å². The van der Waals surface area contributed by atoms with Crippen molar-refractivity contribution in [3.05, 3.63) is 52.0 Å². The minimum absolute atomic E-state index is 0.0765. The predicted octanol–water partition coefficient (Wildman–Crippen LogP) is 3.94. The average Bonchev–Trinajstić information content (AvgIpc) is 3.28. The number of hydrogen-bond acceptors (Lipinski definition) is 7. The molecule has 0 aliphatic heterocycles. The third kappa shape index (κ3) is 8.47. The molecule has 0 bridgehead atoms. The summed E-state index contributed by atoms with van der Waals surface area (Å²) in [6.07, 6.45) is 0.717. The zero-order chi connectivity index (χ0) is 24.4. The van der Waals surface area contributed by atoms with Gasteiger partial charge in [0.2, 0.25) is 5.91 Å². The van der Waals surface area contributed by atoms with Crippen molar-refractivity contribution in [3.8, 4) is 0 Å². The molecule has 0 fully saturated rings. The van der Waals surface area contributed by atoms with Gasteiger partial charge in [-0.1, -0.05) is 58.0 Å². The highest BCUT2D eigenvalue weighted by molar-refractivity contribution is 7.11. The summed E-state index contributed by atoms with van der Waals surface area (Å²) in [6.45, 7) is 8.16. The molecule has 10 heteroatoms. The van der Waals surface area contributed by atoms with Crippen LogP contribution in [0.25, 0.3) is 0 Å². The number of rotatable bonds is 10. The van der Waals surface area contributed by atoms with Crippen molar-refractivity contribution in [2.45, 2.75) is 59.6 Å². The van der Waals surface area contributed by atoms with Crippen molar-refractivity contribution in [1.82, 2.24) is 20.8 Å². The van der Waals surface area contributed by atoms with Gasteiger partial charge in [0, 0.05) is 11.8 Å². The Labute approximate surface area is 198 Å². The Bertz CT molecular complexity index is 917. The minimum atomic E-state index is -0.735. The van der Waals surface area contributed by atoms with Crippen molar-refractivity contribution in [2.75, 3.05) is 0 Å². The number of carbonyl (C=O) groups is 3. The number of nitrogen functional groups attached to an aromatic ring is 1. The van der Waals surface area contributed by atoms with Gasteiger partial charge in [0.25, 0.3) is 5.91 Å². The molecule has 3 amide bonds. The number of nitrogens with one attached hydrogen (secondary N) is 2. The molecule has 1 aromatic heterocycles. The highest BCUT2D eigenvalue weighted by Crippen LogP contribution is 2.29. The molecule has 0 saturated heterocycles. The van der Waals surface area contributed by atoms with E-state index in [0.29, 0.717) is 24.5 Å². The molecule has 0 aliphatic carbocycles. The van der Waals surface area contributed by atoms with Crippen LogP contribution in [0, 0.1) is 11.8 Å². The molecule has 0 spiro atoms. The highest BCUT2D eigenvalue weighted by Gasteiger charge is 2.30. The Balaban J connectivity index is 2.26. The SMILES string of the molecule is CC(C)CCC(=O)N(NC(=O)OCc1ccccc1)C(CC(C)C)c1csc(C(=O)NN)n1. The van der Waals surface area contributed by atoms with E-state index in [1.807, 2.05) is 58.0 Å². The third-order valence-corrected chi connectivity index (χ3v) is 5.68. The molecule has 2 aromatic rings. The fraction of sp³-hybridized carbons (Fsp3) is 0.478. The summed E-state index contributed by atoms with van der Waals surface area (Å²) in [7, 11) is 0. The second-order valence-electron chi connectivity index (χ2n) is 8.57. The van der Waals surface area contributed by atoms with E-state index in [9.17, 15) is 14.4 Å². The van der Waals surface area contributed by atoms with Gasteiger partial charge in [-0.25, -0.2) is 26.1 Å². The highest BCUT2D eigenvalue weighted by atomic mass is 32.1. The Kier molecular flexibility index (Phi) is 10.3. The lowest BCUT2D eigenvalue weighted by atomic mass is 10.00. The number of hydrazine groups is 2. The lowest BCUT2D eigenvalue weighted by Crippen LogP contribution is -2.49. The number of aromatic nitrogens is 1. The molecule has 2 rings (SSSR count). The standard InChI is InChI=1S/C23H33N5O4S/c1-15(2)10-11-20(29)28(27-23(31)32-13-17-8-6-5-7-9-17)19(12-16(3)4)18-14-33-22(25-18)21(30)26-24/h5-9,14-16,19H,10-13,24H2,1-4H3,(H,26,30)(H,27,31). The van der Waals surface area contributed by atoms with E-state index in [2.05, 4.69) is 15.8 Å². The topological polar surface area (TPSA) is 127 Å². The number of nitrogens with zero attached hydrogens (tertiary/aromatic N) is 2. The third-order valence-electron chi connectivity index (χ3n) is 4.82. The van der Waals surface area contributed by atoms with Crippen molar-refractivity contribution in [3.63, 3.8) is 0 Å². The average molecular weight is 476 g/mol. The van der Waals surface area contributed by atoms with Gasteiger partial charge in [-0.3, -0.25) is 15.0 Å². The lowest BCUT2D eigenvalue weighted by Gasteiger charge is -2.32. The van der Waals surface area contributed by atoms with Crippen molar-refractivity contribution >= 4 is 29.2 Å². The normalized spacial score (nSPS) is 11.8. The molecule has 33 heavy (non-hydrogen) atoms. The number of thiazole rings is 1. The maximum Gasteiger partial charge on any atom is 0.426 e. The predicted molar refractivity (Wildman–Crippen MR) is 127 cm³/mol. The van der Waals surface area contributed by atoms with Crippen LogP contribution in [-0.4, -0.2) is 27.9 Å². The smallest absolute Gasteiger partial charge is 0.426 e. The number of ether oxygens (including phenoxy) is 1. The number of amides is 3. The number of benzene rings is 1. The second-order valence-corrected chi connectivity index (χ2v) is 9.42. The number of nitrogens with two attached hydrogens (primary N) is 1. The van der Waals surface area contributed by atoms with E-state index in [4.69, 9.17) is 10.6 Å². The zero-order valence-electron chi connectivity index (χ0n) is 19.5. The molecule has 4 N–H and O–H groups in total. The first-order valence-corrected chi connectivity index (χ1v) is 11.8. The Morgan fingerprint density at radius 3 is 2.42 bits per heavy atom. The van der Waals surface area contributed by atoms with Gasteiger partial charge in [0.05, 0.1) is 11.7 Å². The fourth-order valence-corrected chi connectivity index (χ4v) is 3.88. The molecule has 1 heterocycles. The Morgan fingerprint density at radius 1 is 1.12 bits per heavy atom. The molecular weight excluding hydrogens is 442 g/mol. The molecular formula is C23H33N5O4S. The van der Waals surface area contributed by atoms with Crippen LogP contribution in [0.5, 0.6) is 0 Å². The van der Waals surface area contributed by atoms with E-state index < -0.39 is 18.0 Å². The van der Waals surface area contributed by atoms with Gasteiger partial charge in [-0.05, 0) is 30.2 Å². The van der Waals surface area contributed by atoms with Crippen LogP contribution in [-0.2, 0) is 16.1 Å². The van der Waals surface area contributed by atoms with Gasteiger partial charge in [0.1, 0.15) is 6.61 Å². The molecule has 180 valence electrons. The second kappa shape index (κ2) is 12.9. The molecule has 0 radical (unpaired) electrons. The van der Waals surface area contributed by atoms with Crippen molar-refractivity contribution < 1.29 is 19.1 Å². The van der Waals surface area contributed by atoms with Gasteiger partial charge in [-0.2, -0.15) is 0 Å². The van der Waals surface area contributed by atoms with Gasteiger partial charge in [-0.15, -0.1) is 11.3 Å². The number of carbonyl (C=O) groups excluding carboxylic acids is 3. The number of hydrogen-bond donors (Lipinski definition) is 3. The van der Waals surface area contributed by atoms with Gasteiger partial charge in [0.15, 0.2) is 5.01 Å². The van der Waals surface area contributed by atoms with Crippen molar-refractivity contribution in [2.24, 2.45) is 17.7 Å². The zero-order valence-corrected chi connectivity index (χ0v) is 20.4. The monoisotopic (exact) mass is 475 g/mol. The quantitative estimate of drug-likeness (QED) is 0.271. The molecule has 1 aromatic carbocycles. The van der Waals surface area contributed by atoms with Crippen LogP contribution in [0.1, 0.15) is 74.1 Å². The van der Waals surface area contributed by atoms with Gasteiger partial charge >= 0.3 is 6.09 Å². The van der Waals surface area contributed by atoms with E-state index in [1.165, 1.54) is 5.01 Å². The first-order valence-electron chi connectivity index (χ1n) is 11.0. The van der Waals surface area contributed by atoms with Crippen LogP contribution in [0.2, 0.25) is 0 Å². The maximum atomic E-state index is 13.2. The first kappa shape index (κ1) is 26.3. The summed E-state index contributed by atoms with van der Waals surface area (Å²) in [5, 5.41) is 3.19. The molecule has 0 saturated carbocycles. The van der Waals surface area contributed by atoms with Crippen LogP contribution in [0.4, 0.5) is 4.79 Å². The van der Waals surface area contributed by atoms with Gasteiger partial charge < -0.3 is 4.74 Å². The summed E-state index contributed by atoms with van der Waals surface area (Å²) in [4.78, 5) is 42.1. The summed E-state index contributed by atoms with van der Waals surface area (Å²) in [5.74, 6) is 4.97. The van der Waals surface area contributed by atoms with E-state index in [1.54, 1.807) is 5.38 Å². The van der Waals surface area contributed by atoms with Crippen molar-refractivity contribution in [1.29, 1.82) is 0 Å². The van der Waals surface area contributed by atoms with Crippen LogP contribution < -0.4 is 16.7 Å². The Hall–Kier alpha value is -2.98. The fourth-order valence-electron chi connectivity index (χ4n) is 3.11. The van der Waals surface area contributed by atoms with E-state index >= 15 is 0 Å². The van der Waals surface area contributed by atoms with Crippen LogP contribution in [0.3, 0.4) is 0 Å². The minimum Gasteiger partial charge on any atom is -0.443 e. The molecule has 1 atom stereocenters. The summed E-state index contributed by atoms with van der Waals surface area (Å²) in [6, 6.07) is 8.72. The summed E-state index contributed by atoms with van der Waals surface area (Å²) >= 11 is 1.13. The first-order chi connectivity index (χ1) is 15.7. The van der Waals surface area contributed by atoms with E-state index in [0.717, 1.165) is 16.9 Å². The molecule has 0 aliphatic rings.